The third kappa shape index (κ3) is 2.00. The third-order valence-electron chi connectivity index (χ3n) is 3.32. The van der Waals surface area contributed by atoms with Crippen molar-refractivity contribution < 1.29 is 0 Å². The van der Waals surface area contributed by atoms with Crippen LogP contribution >= 0.6 is 11.6 Å². The summed E-state index contributed by atoms with van der Waals surface area (Å²) < 4.78 is 1.98. The topological polar surface area (TPSA) is 45.8 Å². The van der Waals surface area contributed by atoms with Gasteiger partial charge in [0.1, 0.15) is 5.82 Å². The van der Waals surface area contributed by atoms with E-state index < -0.39 is 0 Å². The van der Waals surface area contributed by atoms with E-state index in [-0.39, 0.29) is 0 Å². The molecule has 0 spiro atoms. The Morgan fingerprint density at radius 3 is 2.68 bits per heavy atom. The Morgan fingerprint density at radius 1 is 1.21 bits per heavy atom. The van der Waals surface area contributed by atoms with Gasteiger partial charge in [0.25, 0.3) is 0 Å². The highest BCUT2D eigenvalue weighted by atomic mass is 35.5. The van der Waals surface area contributed by atoms with E-state index in [1.54, 1.807) is 0 Å². The molecule has 2 aromatic rings. The van der Waals surface area contributed by atoms with Crippen LogP contribution < -0.4 is 5.12 Å². The van der Waals surface area contributed by atoms with Gasteiger partial charge in [-0.2, -0.15) is 5.12 Å². The van der Waals surface area contributed by atoms with E-state index in [1.807, 2.05) is 48.8 Å². The fraction of sp³-hybridized carbons (Fsp3) is 0.308. The van der Waals surface area contributed by atoms with Crippen LogP contribution in [-0.2, 0) is 6.54 Å². The molecule has 0 unspecified atom stereocenters. The molecule has 0 bridgehead atoms. The van der Waals surface area contributed by atoms with E-state index in [0.29, 0.717) is 11.6 Å². The Bertz CT molecular complexity index is 674. The molecule has 98 valence electrons. The van der Waals surface area contributed by atoms with Gasteiger partial charge in [0.05, 0.1) is 23.6 Å². The minimum atomic E-state index is 0.660. The minimum absolute atomic E-state index is 0.660. The highest BCUT2D eigenvalue weighted by Crippen LogP contribution is 2.29. The molecule has 1 aromatic heterocycles. The zero-order valence-electron chi connectivity index (χ0n) is 11.1. The smallest absolute Gasteiger partial charge is 0.127 e. The van der Waals surface area contributed by atoms with Crippen LogP contribution in [0.1, 0.15) is 22.8 Å². The van der Waals surface area contributed by atoms with Gasteiger partial charge < -0.3 is 0 Å². The number of aromatic nitrogens is 2. The molecular formula is C13H14ClN5. The second kappa shape index (κ2) is 4.35. The molecular weight excluding hydrogens is 262 g/mol. The molecule has 0 saturated heterocycles. The predicted molar refractivity (Wildman–Crippen MR) is 74.3 cm³/mol. The molecule has 0 N–H and O–H groups in total. The molecule has 0 saturated carbocycles. The number of aryl methyl sites for hydroxylation is 2. The fourth-order valence-electron chi connectivity index (χ4n) is 2.27. The minimum Gasteiger partial charge on any atom is -0.237 e. The number of hydrogen-bond acceptors (Lipinski definition) is 4. The summed E-state index contributed by atoms with van der Waals surface area (Å²) in [5.74, 6) is 0.909. The number of hydrogen-bond donors (Lipinski definition) is 0. The van der Waals surface area contributed by atoms with Gasteiger partial charge in [-0.15, -0.1) is 5.11 Å². The van der Waals surface area contributed by atoms with Gasteiger partial charge in [-0.25, -0.2) is 9.66 Å². The van der Waals surface area contributed by atoms with Crippen LogP contribution in [0.4, 0.5) is 5.69 Å². The monoisotopic (exact) mass is 275 g/mol. The maximum atomic E-state index is 5.95. The van der Waals surface area contributed by atoms with Crippen molar-refractivity contribution in [3.05, 3.63) is 46.0 Å². The first-order chi connectivity index (χ1) is 9.06. The first-order valence-corrected chi connectivity index (χ1v) is 6.44. The number of halogens is 1. The Balaban J connectivity index is 2.01. The summed E-state index contributed by atoms with van der Waals surface area (Å²) in [7, 11) is 0. The van der Waals surface area contributed by atoms with Crippen molar-refractivity contribution in [2.24, 2.45) is 10.3 Å². The number of benzene rings is 1. The SMILES string of the molecule is Cc1nc(C)n(N2Cc3ccc(Cl)cc3N=N2)c1C. The van der Waals surface area contributed by atoms with Crippen LogP contribution in [0.3, 0.4) is 0 Å². The van der Waals surface area contributed by atoms with E-state index in [1.165, 1.54) is 0 Å². The van der Waals surface area contributed by atoms with Crippen molar-refractivity contribution >= 4 is 17.3 Å². The van der Waals surface area contributed by atoms with E-state index >= 15 is 0 Å². The highest BCUT2D eigenvalue weighted by Gasteiger charge is 2.19. The zero-order valence-corrected chi connectivity index (χ0v) is 11.8. The van der Waals surface area contributed by atoms with Crippen molar-refractivity contribution in [1.82, 2.24) is 9.66 Å². The molecule has 0 amide bonds. The van der Waals surface area contributed by atoms with Gasteiger partial charge in [-0.3, -0.25) is 0 Å². The quantitative estimate of drug-likeness (QED) is 0.798. The number of imidazole rings is 1. The van der Waals surface area contributed by atoms with E-state index in [4.69, 9.17) is 11.6 Å². The lowest BCUT2D eigenvalue weighted by molar-refractivity contribution is 0.543. The van der Waals surface area contributed by atoms with E-state index in [9.17, 15) is 0 Å². The van der Waals surface area contributed by atoms with Gasteiger partial charge in [0.2, 0.25) is 0 Å². The molecule has 0 aliphatic carbocycles. The third-order valence-corrected chi connectivity index (χ3v) is 3.56. The van der Waals surface area contributed by atoms with Crippen molar-refractivity contribution in [1.29, 1.82) is 0 Å². The van der Waals surface area contributed by atoms with Gasteiger partial charge in [-0.1, -0.05) is 17.7 Å². The maximum absolute atomic E-state index is 5.95. The van der Waals surface area contributed by atoms with Gasteiger partial charge in [0.15, 0.2) is 0 Å². The number of fused-ring (bicyclic) bond motifs is 1. The number of nitrogens with zero attached hydrogens (tertiary/aromatic N) is 5. The Morgan fingerprint density at radius 2 is 2.00 bits per heavy atom. The summed E-state index contributed by atoms with van der Waals surface area (Å²) >= 11 is 5.95. The lowest BCUT2D eigenvalue weighted by atomic mass is 10.2. The first kappa shape index (κ1) is 12.2. The van der Waals surface area contributed by atoms with Crippen LogP contribution in [0.2, 0.25) is 5.02 Å². The summed E-state index contributed by atoms with van der Waals surface area (Å²) in [6.45, 7) is 6.65. The van der Waals surface area contributed by atoms with Crippen LogP contribution in [-0.4, -0.2) is 9.66 Å². The molecule has 3 rings (SSSR count). The number of rotatable bonds is 1. The summed E-state index contributed by atoms with van der Waals surface area (Å²) in [6, 6.07) is 5.69. The molecule has 5 nitrogen and oxygen atoms in total. The summed E-state index contributed by atoms with van der Waals surface area (Å²) in [6.07, 6.45) is 0. The lowest BCUT2D eigenvalue weighted by Crippen LogP contribution is -2.31. The molecule has 1 aliphatic heterocycles. The van der Waals surface area contributed by atoms with Crippen molar-refractivity contribution in [3.8, 4) is 0 Å². The summed E-state index contributed by atoms with van der Waals surface area (Å²) in [5, 5.41) is 11.0. The van der Waals surface area contributed by atoms with E-state index in [0.717, 1.165) is 28.5 Å². The summed E-state index contributed by atoms with van der Waals surface area (Å²) in [5.41, 5.74) is 4.02. The van der Waals surface area contributed by atoms with Gasteiger partial charge in [0, 0.05) is 10.6 Å². The standard InChI is InChI=1S/C13H14ClN5/c1-8-9(2)19(10(3)15-8)18-7-11-4-5-12(14)6-13(11)16-17-18/h4-6H,7H2,1-3H3. The molecule has 0 radical (unpaired) electrons. The maximum Gasteiger partial charge on any atom is 0.127 e. The van der Waals surface area contributed by atoms with Crippen molar-refractivity contribution in [3.63, 3.8) is 0 Å². The lowest BCUT2D eigenvalue weighted by Gasteiger charge is -2.25. The second-order valence-electron chi connectivity index (χ2n) is 4.63. The molecule has 0 atom stereocenters. The van der Waals surface area contributed by atoms with Gasteiger partial charge >= 0.3 is 0 Å². The summed E-state index contributed by atoms with van der Waals surface area (Å²) in [4.78, 5) is 4.45. The molecule has 1 aliphatic rings. The predicted octanol–water partition coefficient (Wildman–Crippen LogP) is 3.61. The van der Waals surface area contributed by atoms with E-state index in [2.05, 4.69) is 15.3 Å². The first-order valence-electron chi connectivity index (χ1n) is 6.06. The average Bonchev–Trinajstić information content (AvgIpc) is 2.63. The highest BCUT2D eigenvalue weighted by molar-refractivity contribution is 6.30. The normalized spacial score (nSPS) is 13.8. The fourth-order valence-corrected chi connectivity index (χ4v) is 2.43. The van der Waals surface area contributed by atoms with Crippen molar-refractivity contribution in [2.75, 3.05) is 5.12 Å². The largest absolute Gasteiger partial charge is 0.237 e. The zero-order chi connectivity index (χ0) is 13.6. The average molecular weight is 276 g/mol. The van der Waals surface area contributed by atoms with Crippen LogP contribution in [0, 0.1) is 20.8 Å². The van der Waals surface area contributed by atoms with Gasteiger partial charge in [-0.05, 0) is 38.1 Å². The molecule has 0 fully saturated rings. The van der Waals surface area contributed by atoms with Crippen LogP contribution in [0.5, 0.6) is 0 Å². The molecule has 1 aromatic carbocycles. The molecule has 2 heterocycles. The van der Waals surface area contributed by atoms with Crippen LogP contribution in [0.15, 0.2) is 28.5 Å². The molecule has 19 heavy (non-hydrogen) atoms. The Kier molecular flexibility index (Phi) is 2.78. The Labute approximate surface area is 116 Å². The second-order valence-corrected chi connectivity index (χ2v) is 5.07. The Hall–Kier alpha value is -1.88. The van der Waals surface area contributed by atoms with Crippen molar-refractivity contribution in [2.45, 2.75) is 27.3 Å². The van der Waals surface area contributed by atoms with Crippen LogP contribution in [0.25, 0.3) is 0 Å². The molecule has 6 heteroatoms.